The Labute approximate surface area is 114 Å². The van der Waals surface area contributed by atoms with Gasteiger partial charge in [-0.1, -0.05) is 31.3 Å². The third-order valence-electron chi connectivity index (χ3n) is 3.56. The number of hydrogen-bond donors (Lipinski definition) is 0. The van der Waals surface area contributed by atoms with Crippen LogP contribution in [-0.4, -0.2) is 12.1 Å². The number of rotatable bonds is 3. The second-order valence-electron chi connectivity index (χ2n) is 4.68. The predicted molar refractivity (Wildman–Crippen MR) is 75.0 cm³/mol. The van der Waals surface area contributed by atoms with Crippen molar-refractivity contribution < 1.29 is 9.36 Å². The van der Waals surface area contributed by atoms with Gasteiger partial charge in [0.1, 0.15) is 17.3 Å². The third-order valence-corrected chi connectivity index (χ3v) is 3.56. The average molecular weight is 268 g/mol. The minimum atomic E-state index is -0.404. The molecule has 0 amide bonds. The number of halogens is 1. The number of fused-ring (bicyclic) bond motifs is 1. The van der Waals surface area contributed by atoms with Crippen molar-refractivity contribution in [2.24, 2.45) is 10.4 Å². The van der Waals surface area contributed by atoms with Gasteiger partial charge >= 0.3 is 11.7 Å². The molecule has 0 N–H and O–H groups in total. The zero-order chi connectivity index (χ0) is 12.5. The van der Waals surface area contributed by atoms with Crippen molar-refractivity contribution in [3.63, 3.8) is 0 Å². The summed E-state index contributed by atoms with van der Waals surface area (Å²) in [6.07, 6.45) is 4.53. The number of nitrogens with zero attached hydrogens (tertiary/aromatic N) is 2. The van der Waals surface area contributed by atoms with Crippen LogP contribution in [0.4, 0.5) is 5.82 Å². The van der Waals surface area contributed by atoms with Crippen molar-refractivity contribution in [3.8, 4) is 0 Å². The van der Waals surface area contributed by atoms with Gasteiger partial charge in [-0.25, -0.2) is 4.79 Å². The van der Waals surface area contributed by atoms with Gasteiger partial charge in [-0.2, -0.15) is 4.57 Å². The van der Waals surface area contributed by atoms with Crippen LogP contribution < -0.4 is 4.57 Å². The molecule has 0 fully saturated rings. The van der Waals surface area contributed by atoms with Gasteiger partial charge in [0.15, 0.2) is 0 Å². The van der Waals surface area contributed by atoms with Gasteiger partial charge in [0.05, 0.1) is 0 Å². The first-order valence-electron chi connectivity index (χ1n) is 6.26. The smallest absolute Gasteiger partial charge is 0.245 e. The molecule has 2 heterocycles. The molecule has 1 unspecified atom stereocenters. The summed E-state index contributed by atoms with van der Waals surface area (Å²) in [6, 6.07) is 5.77. The van der Waals surface area contributed by atoms with Gasteiger partial charge in [-0.05, 0) is 25.8 Å². The van der Waals surface area contributed by atoms with E-state index >= 15 is 0 Å². The highest BCUT2D eigenvalue weighted by Crippen LogP contribution is 2.30. The molecule has 0 saturated carbocycles. The lowest BCUT2D eigenvalue weighted by atomic mass is 9.80. The molecule has 1 aliphatic heterocycles. The Morgan fingerprint density at radius 2 is 2.06 bits per heavy atom. The summed E-state index contributed by atoms with van der Waals surface area (Å²) in [5.74, 6) is 0.917. The Morgan fingerprint density at radius 1 is 1.33 bits per heavy atom. The maximum atomic E-state index is 12.7. The van der Waals surface area contributed by atoms with Gasteiger partial charge in [0, 0.05) is 6.07 Å². The molecule has 1 aliphatic rings. The monoisotopic (exact) mass is 267 g/mol. The van der Waals surface area contributed by atoms with Crippen molar-refractivity contribution in [2.75, 3.05) is 0 Å². The van der Waals surface area contributed by atoms with Gasteiger partial charge in [-0.3, -0.25) is 0 Å². The summed E-state index contributed by atoms with van der Waals surface area (Å²) in [6.45, 7) is 6.12. The maximum Gasteiger partial charge on any atom is 0.330 e. The fourth-order valence-electron chi connectivity index (χ4n) is 2.47. The van der Waals surface area contributed by atoms with Crippen LogP contribution in [-0.2, 0) is 0 Å². The summed E-state index contributed by atoms with van der Waals surface area (Å²) < 4.78 is 1.75. The minimum absolute atomic E-state index is 0. The number of hydrogen-bond acceptors (Lipinski definition) is 2. The van der Waals surface area contributed by atoms with E-state index in [2.05, 4.69) is 18.8 Å². The average Bonchev–Trinajstić information content (AvgIpc) is 2.33. The minimum Gasteiger partial charge on any atom is -0.245 e. The number of carbonyl (C=O) groups is 1. The lowest BCUT2D eigenvalue weighted by molar-refractivity contribution is -0.573. The van der Waals surface area contributed by atoms with E-state index in [1.807, 2.05) is 31.3 Å². The molecule has 2 rings (SSSR count). The maximum absolute atomic E-state index is 12.7. The van der Waals surface area contributed by atoms with Gasteiger partial charge in [0.2, 0.25) is 0 Å². The first-order chi connectivity index (χ1) is 8.14. The van der Waals surface area contributed by atoms with Crippen LogP contribution in [0.15, 0.2) is 23.2 Å². The molecule has 3 nitrogen and oxygen atoms in total. The summed E-state index contributed by atoms with van der Waals surface area (Å²) >= 11 is 0. The molecule has 98 valence electrons. The van der Waals surface area contributed by atoms with E-state index in [-0.39, 0.29) is 18.3 Å². The van der Waals surface area contributed by atoms with Crippen LogP contribution >= 0.6 is 12.4 Å². The Morgan fingerprint density at radius 3 is 2.67 bits per heavy atom. The van der Waals surface area contributed by atoms with Crippen LogP contribution in [0.2, 0.25) is 0 Å². The third kappa shape index (κ3) is 2.19. The van der Waals surface area contributed by atoms with Crippen LogP contribution in [0.5, 0.6) is 0 Å². The molecule has 1 aromatic rings. The number of pyridine rings is 1. The predicted octanol–water partition coefficient (Wildman–Crippen LogP) is 3.26. The lowest BCUT2D eigenvalue weighted by Crippen LogP contribution is -2.57. The number of aromatic nitrogens is 1. The van der Waals surface area contributed by atoms with E-state index in [1.165, 1.54) is 0 Å². The van der Waals surface area contributed by atoms with Gasteiger partial charge in [-0.15, -0.1) is 12.4 Å². The molecule has 4 heteroatoms. The zero-order valence-corrected chi connectivity index (χ0v) is 12.0. The molecule has 0 radical (unpaired) electrons. The van der Waals surface area contributed by atoms with E-state index in [0.29, 0.717) is 0 Å². The molecule has 18 heavy (non-hydrogen) atoms. The Kier molecular flexibility index (Phi) is 4.63. The van der Waals surface area contributed by atoms with Crippen LogP contribution in [0.3, 0.4) is 0 Å². The topological polar surface area (TPSA) is 33.3 Å². The Hall–Kier alpha value is -1.22. The molecular weight excluding hydrogens is 248 g/mol. The molecule has 0 saturated heterocycles. The van der Waals surface area contributed by atoms with Gasteiger partial charge in [0.25, 0.3) is 0 Å². The Balaban J connectivity index is 0.00000162. The second-order valence-corrected chi connectivity index (χ2v) is 4.68. The standard InChI is InChI=1S/C14H19N2O.ClH/c1-4-9-14(5-2)10-15-12-8-6-7-11(3)16(12)13(14)17;/h6-8,10H,4-5,9H2,1-3H3;1H/q+1;. The lowest BCUT2D eigenvalue weighted by Gasteiger charge is -2.25. The van der Waals surface area contributed by atoms with Gasteiger partial charge < -0.3 is 0 Å². The Bertz CT molecular complexity index is 485. The molecule has 0 spiro atoms. The highest BCUT2D eigenvalue weighted by molar-refractivity contribution is 5.96. The SMILES string of the molecule is CCCC1(CC)C=Nc2cccc(C)[n+]2C1=O.Cl. The fourth-order valence-corrected chi connectivity index (χ4v) is 2.47. The van der Waals surface area contributed by atoms with E-state index in [1.54, 1.807) is 4.57 Å². The number of carbonyl (C=O) groups excluding carboxylic acids is 1. The quantitative estimate of drug-likeness (QED) is 0.774. The van der Waals surface area contributed by atoms with Crippen LogP contribution in [0, 0.1) is 12.3 Å². The van der Waals surface area contributed by atoms with Crippen molar-refractivity contribution >= 4 is 30.3 Å². The van der Waals surface area contributed by atoms with E-state index < -0.39 is 5.41 Å². The normalized spacial score (nSPS) is 21.4. The molecule has 0 aromatic carbocycles. The zero-order valence-electron chi connectivity index (χ0n) is 11.1. The largest absolute Gasteiger partial charge is 0.330 e. The number of aliphatic imine (C=N–C) groups is 1. The number of aryl methyl sites for hydroxylation is 1. The highest BCUT2D eigenvalue weighted by atomic mass is 35.5. The first-order valence-corrected chi connectivity index (χ1v) is 6.26. The summed E-state index contributed by atoms with van der Waals surface area (Å²) in [4.78, 5) is 17.1. The van der Waals surface area contributed by atoms with Crippen LogP contribution in [0.25, 0.3) is 0 Å². The fraction of sp³-hybridized carbons (Fsp3) is 0.500. The van der Waals surface area contributed by atoms with E-state index in [9.17, 15) is 4.79 Å². The first kappa shape index (κ1) is 14.8. The molecule has 1 atom stereocenters. The van der Waals surface area contributed by atoms with Crippen molar-refractivity contribution in [3.05, 3.63) is 23.9 Å². The molecular formula is C14H20ClN2O+. The van der Waals surface area contributed by atoms with E-state index in [4.69, 9.17) is 0 Å². The van der Waals surface area contributed by atoms with Crippen molar-refractivity contribution in [2.45, 2.75) is 40.0 Å². The molecule has 0 aliphatic carbocycles. The van der Waals surface area contributed by atoms with Crippen LogP contribution in [0.1, 0.15) is 43.6 Å². The highest BCUT2D eigenvalue weighted by Gasteiger charge is 2.45. The summed E-state index contributed by atoms with van der Waals surface area (Å²) in [5.41, 5.74) is 0.553. The summed E-state index contributed by atoms with van der Waals surface area (Å²) in [5, 5.41) is 0. The molecule has 0 bridgehead atoms. The van der Waals surface area contributed by atoms with Crippen molar-refractivity contribution in [1.82, 2.24) is 0 Å². The molecule has 1 aromatic heterocycles. The van der Waals surface area contributed by atoms with E-state index in [0.717, 1.165) is 30.8 Å². The van der Waals surface area contributed by atoms with Crippen molar-refractivity contribution in [1.29, 1.82) is 0 Å². The second kappa shape index (κ2) is 5.61. The summed E-state index contributed by atoms with van der Waals surface area (Å²) in [7, 11) is 0.